The first-order chi connectivity index (χ1) is 2.41. The van der Waals surface area contributed by atoms with E-state index in [0.717, 1.165) is 18.6 Å². The quantitative estimate of drug-likeness (QED) is 0.563. The van der Waals surface area contributed by atoms with Gasteiger partial charge >= 0.3 is 0 Å². The van der Waals surface area contributed by atoms with E-state index in [1.54, 1.807) is 0 Å². The molecule has 0 aliphatic rings. The molecule has 0 aromatic heterocycles. The summed E-state index contributed by atoms with van der Waals surface area (Å²) in [6.45, 7) is 3.63. The third-order valence-corrected chi connectivity index (χ3v) is 0.724. The van der Waals surface area contributed by atoms with Gasteiger partial charge in [-0.2, -0.15) is 19.0 Å². The maximum Gasteiger partial charge on any atom is 0 e. The van der Waals surface area contributed by atoms with Crippen molar-refractivity contribution in [3.05, 3.63) is 6.92 Å². The van der Waals surface area contributed by atoms with Gasteiger partial charge in [0.15, 0.2) is 0 Å². The number of hydrogen-bond donors (Lipinski definition) is 1. The molecule has 0 saturated heterocycles. The molecule has 2 heteroatoms. The molecule has 0 radical (unpaired) electrons. The molecular formula is C4H9RfS-. The summed E-state index contributed by atoms with van der Waals surface area (Å²) < 4.78 is 0. The maximum absolute atomic E-state index is 3.96. The van der Waals surface area contributed by atoms with E-state index >= 15 is 0 Å². The second-order valence-corrected chi connectivity index (χ2v) is 1.38. The number of unbranched alkanes of at least 4 members (excludes halogenated alkanes) is 1. The maximum atomic E-state index is 3.96. The largest absolute Gasteiger partial charge is 0.343 e. The number of thiol groups is 1. The van der Waals surface area contributed by atoms with E-state index in [1.807, 2.05) is 0 Å². The molecular weight excluding hydrogens is 347 g/mol. The Morgan fingerprint density at radius 2 is 2.00 bits per heavy atom. The van der Waals surface area contributed by atoms with Crippen molar-refractivity contribution in [2.75, 3.05) is 5.75 Å². The van der Waals surface area contributed by atoms with Gasteiger partial charge in [0.05, 0.1) is 0 Å². The Kier molecular flexibility index (Phi) is 13.3. The second-order valence-electron chi connectivity index (χ2n) is 0.931. The first-order valence-corrected chi connectivity index (χ1v) is 2.45. The summed E-state index contributed by atoms with van der Waals surface area (Å²) >= 11 is 3.96. The Morgan fingerprint density at radius 1 is 1.50 bits per heavy atom. The second kappa shape index (κ2) is 8.84. The normalized spacial score (nSPS) is 7.00. The van der Waals surface area contributed by atoms with Crippen LogP contribution in [0.3, 0.4) is 0 Å². The zero-order valence-corrected chi connectivity index (χ0v) is 11.3. The average Bonchev–Trinajstić information content (AvgIpc) is 1.41. The van der Waals surface area contributed by atoms with Crippen LogP contribution in [-0.4, -0.2) is 5.75 Å². The summed E-state index contributed by atoms with van der Waals surface area (Å²) in [6.07, 6.45) is 2.16. The fourth-order valence-corrected chi connectivity index (χ4v) is 0.335. The fourth-order valence-electron chi connectivity index (χ4n) is 0.112. The van der Waals surface area contributed by atoms with Gasteiger partial charge in [-0.05, 0) is 5.75 Å². The van der Waals surface area contributed by atoms with E-state index in [1.165, 1.54) is 0 Å². The van der Waals surface area contributed by atoms with Crippen molar-refractivity contribution in [1.82, 2.24) is 0 Å². The van der Waals surface area contributed by atoms with Crippen LogP contribution in [0.25, 0.3) is 0 Å². The average molecular weight is 356 g/mol. The van der Waals surface area contributed by atoms with Gasteiger partial charge in [-0.1, -0.05) is 6.42 Å². The molecule has 0 rings (SSSR count). The van der Waals surface area contributed by atoms with Crippen molar-refractivity contribution in [1.29, 1.82) is 0 Å². The van der Waals surface area contributed by atoms with Crippen molar-refractivity contribution < 1.29 is 0 Å². The van der Waals surface area contributed by atoms with E-state index < -0.39 is 0 Å². The van der Waals surface area contributed by atoms with Crippen molar-refractivity contribution >= 4 is 12.6 Å². The molecule has 6 heavy (non-hydrogen) atoms. The monoisotopic (exact) mass is 356 g/mol. The van der Waals surface area contributed by atoms with E-state index in [2.05, 4.69) is 19.6 Å². The van der Waals surface area contributed by atoms with Gasteiger partial charge < -0.3 is 6.92 Å². The third-order valence-electron chi connectivity index (χ3n) is 0.408. The molecule has 0 unspecified atom stereocenters. The molecule has 0 saturated carbocycles. The first kappa shape index (κ1) is 9.02. The predicted octanol–water partition coefficient (Wildman–Crippen LogP) is 1.53. The van der Waals surface area contributed by atoms with Gasteiger partial charge in [0.2, 0.25) is 0 Å². The summed E-state index contributed by atoms with van der Waals surface area (Å²) in [5, 5.41) is 0. The van der Waals surface area contributed by atoms with Crippen molar-refractivity contribution in [3.8, 4) is 0 Å². The molecule has 0 fully saturated rings. The van der Waals surface area contributed by atoms with Gasteiger partial charge in [-0.15, -0.1) is 0 Å². The summed E-state index contributed by atoms with van der Waals surface area (Å²) in [5.74, 6) is 0.976. The third kappa shape index (κ3) is 10.2. The minimum atomic E-state index is 0. The molecule has 0 atom stereocenters. The Hall–Kier alpha value is -0.650. The van der Waals surface area contributed by atoms with Gasteiger partial charge in [0.25, 0.3) is 0 Å². The van der Waals surface area contributed by atoms with Gasteiger partial charge in [0.1, 0.15) is 0 Å². The van der Waals surface area contributed by atoms with Gasteiger partial charge in [0, 0.05) is 0 Å². The Balaban J connectivity index is 0. The molecule has 0 aliphatic heterocycles. The van der Waals surface area contributed by atoms with Crippen molar-refractivity contribution in [3.63, 3.8) is 0 Å². The van der Waals surface area contributed by atoms with Gasteiger partial charge in [-0.25, -0.2) is 0 Å². The van der Waals surface area contributed by atoms with Crippen LogP contribution in [0.2, 0.25) is 0 Å². The molecule has 34 valence electrons. The summed E-state index contributed by atoms with van der Waals surface area (Å²) in [4.78, 5) is 0. The first-order valence-electron chi connectivity index (χ1n) is 1.82. The zero-order chi connectivity index (χ0) is 4.12. The number of rotatable bonds is 2. The van der Waals surface area contributed by atoms with Crippen LogP contribution in [-0.2, 0) is 0 Å². The van der Waals surface area contributed by atoms with Crippen LogP contribution in [0.4, 0.5) is 0 Å². The minimum Gasteiger partial charge on any atom is -0.343 e. The predicted molar refractivity (Wildman–Crippen MR) is 28.4 cm³/mol. The van der Waals surface area contributed by atoms with Crippen molar-refractivity contribution in [2.24, 2.45) is 0 Å². The molecule has 0 heterocycles. The van der Waals surface area contributed by atoms with E-state index in [4.69, 9.17) is 0 Å². The van der Waals surface area contributed by atoms with E-state index in [9.17, 15) is 0 Å². The zero-order valence-electron chi connectivity index (χ0n) is 3.98. The van der Waals surface area contributed by atoms with Crippen LogP contribution in [0.5, 0.6) is 0 Å². The van der Waals surface area contributed by atoms with Gasteiger partial charge in [-0.3, -0.25) is 0 Å². The summed E-state index contributed by atoms with van der Waals surface area (Å²) in [6, 6.07) is 0. The minimum absolute atomic E-state index is 0. The SMILES string of the molecule is [CH2-]CCCS.[Rf]. The van der Waals surface area contributed by atoms with Crippen LogP contribution in [0, 0.1) is 6.92 Å². The molecule has 0 amide bonds. The molecule has 0 nitrogen and oxygen atoms in total. The van der Waals surface area contributed by atoms with E-state index in [0.29, 0.717) is 0 Å². The smallest absolute Gasteiger partial charge is 0 e. The van der Waals surface area contributed by atoms with Crippen LogP contribution in [0.15, 0.2) is 0 Å². The van der Waals surface area contributed by atoms with Crippen LogP contribution >= 0.6 is 12.6 Å². The topological polar surface area (TPSA) is 0 Å². The summed E-state index contributed by atoms with van der Waals surface area (Å²) in [5.41, 5.74) is 0. The molecule has 0 spiro atoms. The van der Waals surface area contributed by atoms with Crippen LogP contribution < -0.4 is 0 Å². The molecule has 0 aliphatic carbocycles. The van der Waals surface area contributed by atoms with Crippen molar-refractivity contribution in [2.45, 2.75) is 12.8 Å². The molecule has 0 aromatic carbocycles. The molecule has 0 aromatic rings. The Morgan fingerprint density at radius 3 is 2.00 bits per heavy atom. The standard InChI is InChI=1S/C4H9S.Rf/c1-2-3-4-5;/h5H,1-4H2;/q-1;. The Labute approximate surface area is 39.0 Å². The van der Waals surface area contributed by atoms with E-state index in [-0.39, 0.29) is 0 Å². The molecule has 0 bridgehead atoms. The Bertz CT molecular complexity index is 15.0. The summed E-state index contributed by atoms with van der Waals surface area (Å²) in [7, 11) is 0. The fraction of sp³-hybridized carbons (Fsp3) is 0.750. The number of hydrogen-bond acceptors (Lipinski definition) is 1. The molecule has 0 N–H and O–H groups in total. The van der Waals surface area contributed by atoms with Crippen LogP contribution in [0.1, 0.15) is 12.8 Å².